The molecule has 0 heterocycles. The Hall–Kier alpha value is -1.10. The third kappa shape index (κ3) is 5.95. The molecule has 2 N–H and O–H groups in total. The van der Waals surface area contributed by atoms with Crippen LogP contribution in [-0.2, 0) is 14.3 Å². The Morgan fingerprint density at radius 1 is 1.23 bits per heavy atom. The van der Waals surface area contributed by atoms with Crippen molar-refractivity contribution in [2.24, 2.45) is 17.1 Å². The van der Waals surface area contributed by atoms with Gasteiger partial charge in [0.15, 0.2) is 0 Å². The van der Waals surface area contributed by atoms with Crippen molar-refractivity contribution in [2.45, 2.75) is 59.3 Å². The fraction of sp³-hybridized carbons (Fsp3) is 0.882. The van der Waals surface area contributed by atoms with Crippen LogP contribution in [0.5, 0.6) is 0 Å². The van der Waals surface area contributed by atoms with Crippen molar-refractivity contribution in [3.8, 4) is 0 Å². The Balaban J connectivity index is 2.70. The van der Waals surface area contributed by atoms with Crippen LogP contribution in [0.25, 0.3) is 0 Å². The van der Waals surface area contributed by atoms with Crippen LogP contribution in [0.4, 0.5) is 0 Å². The van der Waals surface area contributed by atoms with Crippen molar-refractivity contribution in [3.63, 3.8) is 0 Å². The van der Waals surface area contributed by atoms with Crippen LogP contribution in [0.2, 0.25) is 0 Å². The zero-order valence-electron chi connectivity index (χ0n) is 14.4. The second-order valence-corrected chi connectivity index (χ2v) is 6.91. The number of ether oxygens (including phenoxy) is 1. The molecule has 0 unspecified atom stereocenters. The van der Waals surface area contributed by atoms with Gasteiger partial charge in [-0.15, -0.1) is 0 Å². The first-order chi connectivity index (χ1) is 10.4. The molecule has 5 heteroatoms. The minimum absolute atomic E-state index is 0.0362. The number of hydrogen-bond acceptors (Lipinski definition) is 4. The summed E-state index contributed by atoms with van der Waals surface area (Å²) in [5.74, 6) is 0.0228. The normalized spacial score (nSPS) is 17.3. The number of amides is 1. The minimum atomic E-state index is -0.332. The van der Waals surface area contributed by atoms with E-state index in [0.717, 1.165) is 25.7 Å². The summed E-state index contributed by atoms with van der Waals surface area (Å²) in [5, 5.41) is 0. The summed E-state index contributed by atoms with van der Waals surface area (Å²) in [4.78, 5) is 26.1. The summed E-state index contributed by atoms with van der Waals surface area (Å²) in [7, 11) is 0. The second kappa shape index (κ2) is 9.13. The predicted molar refractivity (Wildman–Crippen MR) is 87.2 cm³/mol. The van der Waals surface area contributed by atoms with Gasteiger partial charge in [0.1, 0.15) is 6.54 Å². The van der Waals surface area contributed by atoms with Crippen LogP contribution in [-0.4, -0.2) is 43.0 Å². The molecular weight excluding hydrogens is 280 g/mol. The van der Waals surface area contributed by atoms with Gasteiger partial charge < -0.3 is 15.4 Å². The monoisotopic (exact) mass is 312 g/mol. The fourth-order valence-electron chi connectivity index (χ4n) is 3.25. The van der Waals surface area contributed by atoms with Crippen molar-refractivity contribution in [3.05, 3.63) is 0 Å². The first-order valence-corrected chi connectivity index (χ1v) is 8.56. The SMILES string of the molecule is CCOC(=O)CN(CC(C)C)C(=O)CC1(CN)CCCCC1. The van der Waals surface area contributed by atoms with E-state index >= 15 is 0 Å². The maximum Gasteiger partial charge on any atom is 0.325 e. The van der Waals surface area contributed by atoms with Crippen molar-refractivity contribution in [1.82, 2.24) is 4.90 Å². The largest absolute Gasteiger partial charge is 0.465 e. The molecule has 0 aromatic carbocycles. The number of carbonyl (C=O) groups is 2. The van der Waals surface area contributed by atoms with E-state index in [1.54, 1.807) is 11.8 Å². The number of nitrogens with zero attached hydrogens (tertiary/aromatic N) is 1. The van der Waals surface area contributed by atoms with Crippen LogP contribution in [0, 0.1) is 11.3 Å². The van der Waals surface area contributed by atoms with Crippen molar-refractivity contribution >= 4 is 11.9 Å². The molecule has 22 heavy (non-hydrogen) atoms. The molecule has 1 amide bonds. The lowest BCUT2D eigenvalue weighted by Crippen LogP contribution is -2.44. The van der Waals surface area contributed by atoms with E-state index < -0.39 is 0 Å². The third-order valence-electron chi connectivity index (χ3n) is 4.44. The second-order valence-electron chi connectivity index (χ2n) is 6.91. The topological polar surface area (TPSA) is 72.6 Å². The van der Waals surface area contributed by atoms with Gasteiger partial charge in [-0.1, -0.05) is 33.1 Å². The van der Waals surface area contributed by atoms with Gasteiger partial charge in [-0.25, -0.2) is 0 Å². The van der Waals surface area contributed by atoms with E-state index in [2.05, 4.69) is 0 Å². The number of carbonyl (C=O) groups excluding carboxylic acids is 2. The Morgan fingerprint density at radius 2 is 1.86 bits per heavy atom. The highest BCUT2D eigenvalue weighted by molar-refractivity contribution is 5.82. The molecule has 1 aliphatic carbocycles. The van der Waals surface area contributed by atoms with Crippen LogP contribution in [0.3, 0.4) is 0 Å². The molecule has 128 valence electrons. The van der Waals surface area contributed by atoms with Crippen LogP contribution < -0.4 is 5.73 Å². The molecule has 1 saturated carbocycles. The van der Waals surface area contributed by atoms with E-state index in [0.29, 0.717) is 32.0 Å². The van der Waals surface area contributed by atoms with Gasteiger partial charge in [0.25, 0.3) is 0 Å². The summed E-state index contributed by atoms with van der Waals surface area (Å²) >= 11 is 0. The van der Waals surface area contributed by atoms with Crippen LogP contribution in [0.1, 0.15) is 59.3 Å². The zero-order valence-corrected chi connectivity index (χ0v) is 14.4. The Kier molecular flexibility index (Phi) is 7.87. The fourth-order valence-corrected chi connectivity index (χ4v) is 3.25. The molecule has 0 radical (unpaired) electrons. The molecule has 5 nitrogen and oxygen atoms in total. The maximum absolute atomic E-state index is 12.7. The molecule has 0 saturated heterocycles. The summed E-state index contributed by atoms with van der Waals surface area (Å²) in [6.07, 6.45) is 6.01. The van der Waals surface area contributed by atoms with E-state index in [1.165, 1.54) is 6.42 Å². The van der Waals surface area contributed by atoms with Crippen LogP contribution >= 0.6 is 0 Å². The lowest BCUT2D eigenvalue weighted by molar-refractivity contribution is -0.150. The average Bonchev–Trinajstić information content (AvgIpc) is 2.47. The molecule has 1 rings (SSSR count). The smallest absolute Gasteiger partial charge is 0.325 e. The summed E-state index contributed by atoms with van der Waals surface area (Å²) in [6, 6.07) is 0. The van der Waals surface area contributed by atoms with Gasteiger partial charge in [-0.05, 0) is 37.6 Å². The quantitative estimate of drug-likeness (QED) is 0.698. The summed E-state index contributed by atoms with van der Waals surface area (Å²) < 4.78 is 4.99. The van der Waals surface area contributed by atoms with Gasteiger partial charge in [-0.2, -0.15) is 0 Å². The highest BCUT2D eigenvalue weighted by Gasteiger charge is 2.35. The van der Waals surface area contributed by atoms with Crippen molar-refractivity contribution in [2.75, 3.05) is 26.2 Å². The highest BCUT2D eigenvalue weighted by Crippen LogP contribution is 2.38. The first-order valence-electron chi connectivity index (χ1n) is 8.56. The van der Waals surface area contributed by atoms with Gasteiger partial charge in [0.2, 0.25) is 5.91 Å². The van der Waals surface area contributed by atoms with Gasteiger partial charge >= 0.3 is 5.97 Å². The van der Waals surface area contributed by atoms with E-state index in [-0.39, 0.29) is 23.8 Å². The molecule has 0 aromatic heterocycles. The van der Waals surface area contributed by atoms with Gasteiger partial charge in [0.05, 0.1) is 6.61 Å². The number of esters is 1. The average molecular weight is 312 g/mol. The number of nitrogens with two attached hydrogens (primary N) is 1. The lowest BCUT2D eigenvalue weighted by Gasteiger charge is -2.37. The van der Waals surface area contributed by atoms with Crippen molar-refractivity contribution < 1.29 is 14.3 Å². The molecule has 1 fully saturated rings. The van der Waals surface area contributed by atoms with Crippen molar-refractivity contribution in [1.29, 1.82) is 0 Å². The van der Waals surface area contributed by atoms with E-state index in [1.807, 2.05) is 13.8 Å². The third-order valence-corrected chi connectivity index (χ3v) is 4.44. The summed E-state index contributed by atoms with van der Waals surface area (Å²) in [6.45, 7) is 7.39. The number of hydrogen-bond donors (Lipinski definition) is 1. The predicted octanol–water partition coefficient (Wildman–Crippen LogP) is 2.33. The Morgan fingerprint density at radius 3 is 2.36 bits per heavy atom. The minimum Gasteiger partial charge on any atom is -0.465 e. The maximum atomic E-state index is 12.7. The molecule has 0 bridgehead atoms. The lowest BCUT2D eigenvalue weighted by atomic mass is 9.71. The number of rotatable bonds is 8. The molecule has 0 aromatic rings. The molecule has 1 aliphatic rings. The molecule has 0 aliphatic heterocycles. The first kappa shape index (κ1) is 18.9. The molecule has 0 spiro atoms. The van der Waals surface area contributed by atoms with E-state index in [9.17, 15) is 9.59 Å². The van der Waals surface area contributed by atoms with Gasteiger partial charge in [-0.3, -0.25) is 9.59 Å². The van der Waals surface area contributed by atoms with Gasteiger partial charge in [0, 0.05) is 13.0 Å². The Labute approximate surface area is 134 Å². The zero-order chi connectivity index (χ0) is 16.6. The molecular formula is C17H32N2O3. The standard InChI is InChI=1S/C17H32N2O3/c1-4-22-16(21)12-19(11-14(2)3)15(20)10-17(13-18)8-6-5-7-9-17/h14H,4-13,18H2,1-3H3. The Bertz CT molecular complexity index is 363. The van der Waals surface area contributed by atoms with Crippen LogP contribution in [0.15, 0.2) is 0 Å². The van der Waals surface area contributed by atoms with E-state index in [4.69, 9.17) is 10.5 Å². The molecule has 0 atom stereocenters. The highest BCUT2D eigenvalue weighted by atomic mass is 16.5. The summed E-state index contributed by atoms with van der Waals surface area (Å²) in [5.41, 5.74) is 5.90.